The number of halogens is 4. The van der Waals surface area contributed by atoms with Gasteiger partial charge in [-0.05, 0) is 53.9 Å². The molecule has 0 saturated carbocycles. The third-order valence-corrected chi connectivity index (χ3v) is 4.25. The van der Waals surface area contributed by atoms with Crippen molar-refractivity contribution in [2.75, 3.05) is 0 Å². The SMILES string of the molecule is NC(Cc1cc(Cl)ccc1Cl)c1cc(Br)ccc1Cl. The molecular weight excluding hydrogens is 368 g/mol. The summed E-state index contributed by atoms with van der Waals surface area (Å²) in [6, 6.07) is 10.7. The van der Waals surface area contributed by atoms with Crippen LogP contribution in [-0.2, 0) is 6.42 Å². The molecule has 100 valence electrons. The van der Waals surface area contributed by atoms with Crippen LogP contribution in [0.4, 0.5) is 0 Å². The average Bonchev–Trinajstić information content (AvgIpc) is 2.36. The number of rotatable bonds is 3. The van der Waals surface area contributed by atoms with Crippen LogP contribution in [0, 0.1) is 0 Å². The summed E-state index contributed by atoms with van der Waals surface area (Å²) in [6.45, 7) is 0. The summed E-state index contributed by atoms with van der Waals surface area (Å²) in [5.74, 6) is 0. The van der Waals surface area contributed by atoms with E-state index in [1.807, 2.05) is 24.3 Å². The molecule has 0 aromatic heterocycles. The van der Waals surface area contributed by atoms with Crippen LogP contribution in [0.1, 0.15) is 17.2 Å². The molecule has 0 saturated heterocycles. The van der Waals surface area contributed by atoms with E-state index >= 15 is 0 Å². The molecule has 1 unspecified atom stereocenters. The second-order valence-electron chi connectivity index (χ2n) is 4.21. The van der Waals surface area contributed by atoms with Crippen molar-refractivity contribution in [3.05, 3.63) is 67.1 Å². The molecule has 0 amide bonds. The van der Waals surface area contributed by atoms with Gasteiger partial charge in [0, 0.05) is 25.6 Å². The van der Waals surface area contributed by atoms with Gasteiger partial charge in [0.15, 0.2) is 0 Å². The second-order valence-corrected chi connectivity index (χ2v) is 6.38. The van der Waals surface area contributed by atoms with Crippen LogP contribution in [-0.4, -0.2) is 0 Å². The van der Waals surface area contributed by atoms with E-state index < -0.39 is 0 Å². The highest BCUT2D eigenvalue weighted by atomic mass is 79.9. The minimum atomic E-state index is -0.235. The molecule has 0 spiro atoms. The van der Waals surface area contributed by atoms with Crippen LogP contribution in [0.25, 0.3) is 0 Å². The Labute approximate surface area is 135 Å². The average molecular weight is 380 g/mol. The summed E-state index contributed by atoms with van der Waals surface area (Å²) in [6.07, 6.45) is 0.579. The van der Waals surface area contributed by atoms with Gasteiger partial charge in [-0.15, -0.1) is 0 Å². The molecule has 0 aliphatic carbocycles. The van der Waals surface area contributed by atoms with Gasteiger partial charge in [0.1, 0.15) is 0 Å². The third-order valence-electron chi connectivity index (χ3n) is 2.81. The topological polar surface area (TPSA) is 26.0 Å². The van der Waals surface area contributed by atoms with Crippen molar-refractivity contribution in [1.29, 1.82) is 0 Å². The molecule has 1 nitrogen and oxygen atoms in total. The summed E-state index contributed by atoms with van der Waals surface area (Å²) in [4.78, 5) is 0. The second kappa shape index (κ2) is 6.47. The Balaban J connectivity index is 2.27. The van der Waals surface area contributed by atoms with Crippen LogP contribution in [0.5, 0.6) is 0 Å². The van der Waals surface area contributed by atoms with Crippen molar-refractivity contribution in [3.8, 4) is 0 Å². The van der Waals surface area contributed by atoms with E-state index in [4.69, 9.17) is 40.5 Å². The highest BCUT2D eigenvalue weighted by molar-refractivity contribution is 9.10. The molecule has 0 bridgehead atoms. The predicted octanol–water partition coefficient (Wildman–Crippen LogP) is 5.65. The molecule has 2 aromatic carbocycles. The molecular formula is C14H11BrCl3N. The Hall–Kier alpha value is -0.250. The Morgan fingerprint density at radius 3 is 2.42 bits per heavy atom. The van der Waals surface area contributed by atoms with Gasteiger partial charge in [-0.2, -0.15) is 0 Å². The van der Waals surface area contributed by atoms with E-state index in [1.54, 1.807) is 12.1 Å². The molecule has 0 aliphatic heterocycles. The fourth-order valence-electron chi connectivity index (χ4n) is 1.85. The molecule has 0 aliphatic rings. The Kier molecular flexibility index (Phi) is 5.15. The first kappa shape index (κ1) is 15.1. The molecule has 2 rings (SSSR count). The van der Waals surface area contributed by atoms with Crippen LogP contribution in [0.3, 0.4) is 0 Å². The van der Waals surface area contributed by atoms with Crippen molar-refractivity contribution >= 4 is 50.7 Å². The third kappa shape index (κ3) is 3.87. The Morgan fingerprint density at radius 1 is 1.00 bits per heavy atom. The molecule has 2 N–H and O–H groups in total. The summed E-state index contributed by atoms with van der Waals surface area (Å²) in [7, 11) is 0. The van der Waals surface area contributed by atoms with Crippen molar-refractivity contribution in [2.24, 2.45) is 5.73 Å². The maximum Gasteiger partial charge on any atom is 0.0454 e. The zero-order chi connectivity index (χ0) is 14.0. The van der Waals surface area contributed by atoms with Crippen molar-refractivity contribution in [2.45, 2.75) is 12.5 Å². The largest absolute Gasteiger partial charge is 0.324 e. The minimum Gasteiger partial charge on any atom is -0.324 e. The lowest BCUT2D eigenvalue weighted by molar-refractivity contribution is 0.722. The lowest BCUT2D eigenvalue weighted by Crippen LogP contribution is -2.14. The lowest BCUT2D eigenvalue weighted by atomic mass is 9.99. The summed E-state index contributed by atoms with van der Waals surface area (Å²) in [5.41, 5.74) is 8.00. The fraction of sp³-hybridized carbons (Fsp3) is 0.143. The molecule has 19 heavy (non-hydrogen) atoms. The summed E-state index contributed by atoms with van der Waals surface area (Å²) in [5, 5.41) is 1.95. The molecule has 1 atom stereocenters. The molecule has 0 fully saturated rings. The lowest BCUT2D eigenvalue weighted by Gasteiger charge is -2.15. The van der Waals surface area contributed by atoms with Gasteiger partial charge in [-0.25, -0.2) is 0 Å². The quantitative estimate of drug-likeness (QED) is 0.732. The standard InChI is InChI=1S/C14H11BrCl3N/c15-9-1-3-13(18)11(7-9)14(19)6-8-5-10(16)2-4-12(8)17/h1-5,7,14H,6,19H2. The fourth-order valence-corrected chi connectivity index (χ4v) is 2.87. The number of nitrogens with two attached hydrogens (primary N) is 1. The van der Waals surface area contributed by atoms with Crippen molar-refractivity contribution < 1.29 is 0 Å². The molecule has 0 radical (unpaired) electrons. The van der Waals surface area contributed by atoms with Crippen molar-refractivity contribution in [1.82, 2.24) is 0 Å². The van der Waals surface area contributed by atoms with E-state index in [9.17, 15) is 0 Å². The van der Waals surface area contributed by atoms with Gasteiger partial charge in [-0.1, -0.05) is 50.7 Å². The maximum atomic E-state index is 6.21. The van der Waals surface area contributed by atoms with E-state index in [1.165, 1.54) is 0 Å². The first-order valence-corrected chi connectivity index (χ1v) is 7.54. The van der Waals surface area contributed by atoms with Gasteiger partial charge in [0.25, 0.3) is 0 Å². The smallest absolute Gasteiger partial charge is 0.0454 e. The van der Waals surface area contributed by atoms with E-state index in [-0.39, 0.29) is 6.04 Å². The highest BCUT2D eigenvalue weighted by Crippen LogP contribution is 2.30. The zero-order valence-electron chi connectivity index (χ0n) is 9.84. The summed E-state index contributed by atoms with van der Waals surface area (Å²) >= 11 is 21.7. The van der Waals surface area contributed by atoms with Crippen LogP contribution in [0.15, 0.2) is 40.9 Å². The normalized spacial score (nSPS) is 12.5. The summed E-state index contributed by atoms with van der Waals surface area (Å²) < 4.78 is 0.944. The monoisotopic (exact) mass is 377 g/mol. The van der Waals surface area contributed by atoms with Gasteiger partial charge in [-0.3, -0.25) is 0 Å². The zero-order valence-corrected chi connectivity index (χ0v) is 13.7. The van der Waals surface area contributed by atoms with Crippen molar-refractivity contribution in [3.63, 3.8) is 0 Å². The van der Waals surface area contributed by atoms with Gasteiger partial charge < -0.3 is 5.73 Å². The molecule has 5 heteroatoms. The predicted molar refractivity (Wildman–Crippen MR) is 86.2 cm³/mol. The maximum absolute atomic E-state index is 6.21. The minimum absolute atomic E-state index is 0.235. The Bertz CT molecular complexity index is 601. The van der Waals surface area contributed by atoms with Gasteiger partial charge in [0.05, 0.1) is 0 Å². The molecule has 2 aromatic rings. The number of benzene rings is 2. The first-order chi connectivity index (χ1) is 8.97. The van der Waals surface area contributed by atoms with Crippen LogP contribution >= 0.6 is 50.7 Å². The van der Waals surface area contributed by atoms with E-state index in [0.29, 0.717) is 21.5 Å². The van der Waals surface area contributed by atoms with Crippen LogP contribution in [0.2, 0.25) is 15.1 Å². The van der Waals surface area contributed by atoms with Crippen LogP contribution < -0.4 is 5.73 Å². The number of hydrogen-bond donors (Lipinski definition) is 1. The first-order valence-electron chi connectivity index (χ1n) is 5.62. The van der Waals surface area contributed by atoms with E-state index in [0.717, 1.165) is 15.6 Å². The van der Waals surface area contributed by atoms with Gasteiger partial charge in [0.2, 0.25) is 0 Å². The highest BCUT2D eigenvalue weighted by Gasteiger charge is 2.13. The number of hydrogen-bond acceptors (Lipinski definition) is 1. The van der Waals surface area contributed by atoms with E-state index in [2.05, 4.69) is 15.9 Å². The van der Waals surface area contributed by atoms with Gasteiger partial charge >= 0.3 is 0 Å². The molecule has 0 heterocycles. The Morgan fingerprint density at radius 2 is 1.68 bits per heavy atom.